The number of carbonyl (C=O) groups is 1. The fourth-order valence-electron chi connectivity index (χ4n) is 6.15. The van der Waals surface area contributed by atoms with Crippen LogP contribution in [0, 0.1) is 5.92 Å². The zero-order valence-electron chi connectivity index (χ0n) is 20.1. The minimum atomic E-state index is -0.190. The summed E-state index contributed by atoms with van der Waals surface area (Å²) in [6.45, 7) is 2.08. The number of dihydropyridines is 1. The first-order valence-electron chi connectivity index (χ1n) is 12.6. The summed E-state index contributed by atoms with van der Waals surface area (Å²) in [7, 11) is 0. The van der Waals surface area contributed by atoms with Gasteiger partial charge in [-0.15, -0.1) is 0 Å². The maximum absolute atomic E-state index is 13.8. The van der Waals surface area contributed by atoms with Crippen LogP contribution >= 0.6 is 0 Å². The van der Waals surface area contributed by atoms with Gasteiger partial charge in [-0.2, -0.15) is 0 Å². The van der Waals surface area contributed by atoms with Gasteiger partial charge >= 0.3 is 0 Å². The lowest BCUT2D eigenvalue weighted by atomic mass is 9.78. The second-order valence-electron chi connectivity index (χ2n) is 9.97. The molecule has 178 valence electrons. The normalized spacial score (nSPS) is 22.1. The number of aromatic nitrogens is 3. The Morgan fingerprint density at radius 1 is 1.00 bits per heavy atom. The molecule has 2 aromatic carbocycles. The van der Waals surface area contributed by atoms with Crippen molar-refractivity contribution in [2.75, 3.05) is 0 Å². The molecule has 0 radical (unpaired) electrons. The highest BCUT2D eigenvalue weighted by molar-refractivity contribution is 5.93. The van der Waals surface area contributed by atoms with Crippen LogP contribution in [-0.4, -0.2) is 26.9 Å². The highest BCUT2D eigenvalue weighted by Crippen LogP contribution is 2.48. The van der Waals surface area contributed by atoms with Gasteiger partial charge in [-0.25, -0.2) is 4.98 Å². The van der Waals surface area contributed by atoms with Crippen molar-refractivity contribution in [2.24, 2.45) is 5.92 Å². The van der Waals surface area contributed by atoms with E-state index in [2.05, 4.69) is 76.1 Å². The smallest absolute Gasteiger partial charge is 0.228 e. The lowest BCUT2D eigenvalue weighted by Crippen LogP contribution is -2.43. The molecule has 0 bridgehead atoms. The summed E-state index contributed by atoms with van der Waals surface area (Å²) in [5.41, 5.74) is 9.72. The Hall–Kier alpha value is -4.19. The van der Waals surface area contributed by atoms with Crippen LogP contribution < -0.4 is 10.6 Å². The van der Waals surface area contributed by atoms with Gasteiger partial charge in [-0.05, 0) is 66.2 Å². The highest BCUT2D eigenvalue weighted by atomic mass is 16.2. The number of hydrogen-bond donors (Lipinski definition) is 3. The van der Waals surface area contributed by atoms with Gasteiger partial charge in [-0.1, -0.05) is 48.5 Å². The van der Waals surface area contributed by atoms with Crippen LogP contribution in [0.5, 0.6) is 0 Å². The van der Waals surface area contributed by atoms with Crippen LogP contribution in [0.3, 0.4) is 0 Å². The molecule has 4 aromatic rings. The SMILES string of the molecule is CC1=CC=C2C(CCCC2C(=O)NC2c3ccccc3-c3c(-c4nc5ccncc5[nH]4)cccc32)N1. The van der Waals surface area contributed by atoms with Crippen molar-refractivity contribution in [1.29, 1.82) is 0 Å². The molecule has 1 amide bonds. The van der Waals surface area contributed by atoms with Crippen LogP contribution in [0.2, 0.25) is 0 Å². The van der Waals surface area contributed by atoms with E-state index in [9.17, 15) is 4.79 Å². The molecule has 0 saturated heterocycles. The first-order chi connectivity index (χ1) is 17.7. The Kier molecular flexibility index (Phi) is 4.81. The van der Waals surface area contributed by atoms with E-state index in [1.165, 1.54) is 5.57 Å². The Labute approximate surface area is 209 Å². The number of fused-ring (bicyclic) bond motifs is 5. The minimum absolute atomic E-state index is 0.105. The van der Waals surface area contributed by atoms with Gasteiger partial charge < -0.3 is 15.6 Å². The summed E-state index contributed by atoms with van der Waals surface area (Å²) in [6, 6.07) is 16.7. The number of pyridine rings is 1. The number of aromatic amines is 1. The van der Waals surface area contributed by atoms with Gasteiger partial charge in [-0.3, -0.25) is 9.78 Å². The predicted octanol–water partition coefficient (Wildman–Crippen LogP) is 5.41. The predicted molar refractivity (Wildman–Crippen MR) is 141 cm³/mol. The topological polar surface area (TPSA) is 82.7 Å². The molecular formula is C30H27N5O. The fourth-order valence-corrected chi connectivity index (χ4v) is 6.15. The molecule has 6 nitrogen and oxygen atoms in total. The van der Waals surface area contributed by atoms with Crippen molar-refractivity contribution < 1.29 is 4.79 Å². The van der Waals surface area contributed by atoms with E-state index < -0.39 is 0 Å². The van der Waals surface area contributed by atoms with Crippen molar-refractivity contribution in [3.8, 4) is 22.5 Å². The number of H-pyrrole nitrogens is 1. The average Bonchev–Trinajstić information content (AvgIpc) is 3.48. The maximum Gasteiger partial charge on any atom is 0.228 e. The number of nitrogens with zero attached hydrogens (tertiary/aromatic N) is 2. The number of imidazole rings is 1. The molecule has 6 heteroatoms. The van der Waals surface area contributed by atoms with E-state index in [0.717, 1.165) is 69.6 Å². The molecule has 7 rings (SSSR count). The van der Waals surface area contributed by atoms with E-state index in [0.29, 0.717) is 0 Å². The van der Waals surface area contributed by atoms with Gasteiger partial charge in [0.1, 0.15) is 5.82 Å². The first-order valence-corrected chi connectivity index (χ1v) is 12.6. The summed E-state index contributed by atoms with van der Waals surface area (Å²) in [5.74, 6) is 0.809. The molecule has 3 atom stereocenters. The molecule has 3 aliphatic rings. The number of rotatable bonds is 3. The molecular weight excluding hydrogens is 446 g/mol. The van der Waals surface area contributed by atoms with Crippen LogP contribution in [0.1, 0.15) is 43.4 Å². The number of allylic oxidation sites excluding steroid dienone is 3. The van der Waals surface area contributed by atoms with E-state index >= 15 is 0 Å². The quantitative estimate of drug-likeness (QED) is 0.371. The first kappa shape index (κ1) is 21.1. The van der Waals surface area contributed by atoms with Gasteiger partial charge in [0.25, 0.3) is 0 Å². The largest absolute Gasteiger partial charge is 0.382 e. The minimum Gasteiger partial charge on any atom is -0.382 e. The van der Waals surface area contributed by atoms with Crippen molar-refractivity contribution in [2.45, 2.75) is 38.3 Å². The van der Waals surface area contributed by atoms with Crippen molar-refractivity contribution >= 4 is 16.9 Å². The molecule has 2 aromatic heterocycles. The monoisotopic (exact) mass is 473 g/mol. The summed E-state index contributed by atoms with van der Waals surface area (Å²) < 4.78 is 0. The lowest BCUT2D eigenvalue weighted by Gasteiger charge is -2.35. The van der Waals surface area contributed by atoms with Crippen LogP contribution in [0.15, 0.2) is 84.3 Å². The summed E-state index contributed by atoms with van der Waals surface area (Å²) >= 11 is 0. The molecule has 0 spiro atoms. The number of nitrogens with one attached hydrogen (secondary N) is 3. The number of benzene rings is 2. The van der Waals surface area contributed by atoms with Crippen molar-refractivity contribution in [3.05, 3.63) is 95.5 Å². The van der Waals surface area contributed by atoms with Crippen molar-refractivity contribution in [1.82, 2.24) is 25.6 Å². The maximum atomic E-state index is 13.8. The van der Waals surface area contributed by atoms with E-state index in [-0.39, 0.29) is 23.9 Å². The van der Waals surface area contributed by atoms with E-state index in [1.807, 2.05) is 12.1 Å². The lowest BCUT2D eigenvalue weighted by molar-refractivity contribution is -0.125. The van der Waals surface area contributed by atoms with E-state index in [4.69, 9.17) is 4.98 Å². The second-order valence-corrected chi connectivity index (χ2v) is 9.97. The third-order valence-corrected chi connectivity index (χ3v) is 7.81. The van der Waals surface area contributed by atoms with Crippen LogP contribution in [0.25, 0.3) is 33.5 Å². The Bertz CT molecular complexity index is 1550. The summed E-state index contributed by atoms with van der Waals surface area (Å²) in [5, 5.41) is 7.00. The Morgan fingerprint density at radius 2 is 1.86 bits per heavy atom. The third-order valence-electron chi connectivity index (χ3n) is 7.81. The van der Waals surface area contributed by atoms with Gasteiger partial charge in [0, 0.05) is 23.5 Å². The van der Waals surface area contributed by atoms with Gasteiger partial charge in [0.2, 0.25) is 5.91 Å². The molecule has 3 N–H and O–H groups in total. The molecule has 3 unspecified atom stereocenters. The molecule has 1 saturated carbocycles. The summed E-state index contributed by atoms with van der Waals surface area (Å²) in [4.78, 5) is 26.3. The van der Waals surface area contributed by atoms with Gasteiger partial charge in [0.05, 0.1) is 29.2 Å². The molecule has 36 heavy (non-hydrogen) atoms. The molecule has 3 heterocycles. The number of carbonyl (C=O) groups excluding carboxylic acids is 1. The Morgan fingerprint density at radius 3 is 2.78 bits per heavy atom. The fraction of sp³-hybridized carbons (Fsp3) is 0.233. The number of amides is 1. The third kappa shape index (κ3) is 3.28. The standard InChI is InChI=1S/C30H27N5O/c1-17-12-13-18-21(8-5-11-24(18)32-17)30(36)35-28-20-7-3-2-6-19(20)27-22(28)9-4-10-23(27)29-33-25-14-15-31-16-26(25)34-29/h2-4,6-7,9-10,12-16,21,24,28,32H,5,8,11H2,1H3,(H,33,34)(H,35,36). The summed E-state index contributed by atoms with van der Waals surface area (Å²) in [6.07, 6.45) is 10.8. The zero-order valence-corrected chi connectivity index (χ0v) is 20.1. The Balaban J connectivity index is 1.28. The van der Waals surface area contributed by atoms with Crippen molar-refractivity contribution in [3.63, 3.8) is 0 Å². The molecule has 1 aliphatic heterocycles. The average molecular weight is 474 g/mol. The number of hydrogen-bond acceptors (Lipinski definition) is 4. The highest BCUT2D eigenvalue weighted by Gasteiger charge is 2.37. The zero-order chi connectivity index (χ0) is 24.2. The molecule has 1 fully saturated rings. The second kappa shape index (κ2) is 8.19. The molecule has 2 aliphatic carbocycles. The van der Waals surface area contributed by atoms with Crippen LogP contribution in [0.4, 0.5) is 0 Å². The van der Waals surface area contributed by atoms with Crippen LogP contribution in [-0.2, 0) is 4.79 Å². The van der Waals surface area contributed by atoms with E-state index in [1.54, 1.807) is 12.4 Å². The van der Waals surface area contributed by atoms with Gasteiger partial charge in [0.15, 0.2) is 0 Å².